The molecule has 1 aliphatic rings. The number of benzene rings is 1. The summed E-state index contributed by atoms with van der Waals surface area (Å²) in [6.45, 7) is 0. The molecule has 8 heteroatoms. The Kier molecular flexibility index (Phi) is 3.93. The van der Waals surface area contributed by atoms with Gasteiger partial charge in [0.15, 0.2) is 9.84 Å². The molecule has 1 saturated heterocycles. The Hall–Kier alpha value is -2.22. The first-order valence-electron chi connectivity index (χ1n) is 6.82. The molecule has 2 heterocycles. The van der Waals surface area contributed by atoms with Gasteiger partial charge in [0.25, 0.3) is 0 Å². The highest BCUT2D eigenvalue weighted by atomic mass is 32.2. The molecule has 1 atom stereocenters. The van der Waals surface area contributed by atoms with Crippen LogP contribution in [0.4, 0.5) is 21.7 Å². The third kappa shape index (κ3) is 3.70. The van der Waals surface area contributed by atoms with Gasteiger partial charge in [0.05, 0.1) is 11.5 Å². The van der Waals surface area contributed by atoms with Crippen molar-refractivity contribution in [3.05, 3.63) is 42.5 Å². The van der Waals surface area contributed by atoms with Gasteiger partial charge in [0.2, 0.25) is 0 Å². The zero-order chi connectivity index (χ0) is 15.6. The number of aromatic nitrogens is 2. The van der Waals surface area contributed by atoms with Gasteiger partial charge in [-0.25, -0.2) is 22.8 Å². The van der Waals surface area contributed by atoms with E-state index < -0.39 is 9.84 Å². The summed E-state index contributed by atoms with van der Waals surface area (Å²) >= 11 is 0. The van der Waals surface area contributed by atoms with E-state index in [9.17, 15) is 12.8 Å². The van der Waals surface area contributed by atoms with E-state index in [0.29, 0.717) is 23.7 Å². The molecule has 0 aliphatic carbocycles. The molecule has 0 bridgehead atoms. The third-order valence-corrected chi connectivity index (χ3v) is 5.14. The Balaban J connectivity index is 1.68. The molecule has 0 spiro atoms. The van der Waals surface area contributed by atoms with Crippen molar-refractivity contribution in [3.8, 4) is 0 Å². The molecule has 1 aromatic heterocycles. The van der Waals surface area contributed by atoms with Crippen molar-refractivity contribution < 1.29 is 12.8 Å². The van der Waals surface area contributed by atoms with E-state index in [0.717, 1.165) is 0 Å². The zero-order valence-electron chi connectivity index (χ0n) is 11.7. The van der Waals surface area contributed by atoms with Crippen LogP contribution < -0.4 is 10.6 Å². The van der Waals surface area contributed by atoms with Crippen molar-refractivity contribution >= 4 is 27.2 Å². The highest BCUT2D eigenvalue weighted by Crippen LogP contribution is 2.19. The summed E-state index contributed by atoms with van der Waals surface area (Å²) in [6.07, 6.45) is 1.96. The molecule has 1 fully saturated rings. The highest BCUT2D eigenvalue weighted by molar-refractivity contribution is 7.91. The van der Waals surface area contributed by atoms with Crippen LogP contribution in [0.1, 0.15) is 6.42 Å². The fraction of sp³-hybridized carbons (Fsp3) is 0.286. The van der Waals surface area contributed by atoms with Gasteiger partial charge in [-0.15, -0.1) is 0 Å². The van der Waals surface area contributed by atoms with E-state index in [1.807, 2.05) is 0 Å². The second-order valence-corrected chi connectivity index (χ2v) is 7.39. The summed E-state index contributed by atoms with van der Waals surface area (Å²) in [7, 11) is -2.94. The molecule has 6 nitrogen and oxygen atoms in total. The molecular weight excluding hydrogens is 307 g/mol. The maximum atomic E-state index is 12.9. The molecule has 2 N–H and O–H groups in total. The lowest BCUT2D eigenvalue weighted by atomic mass is 10.2. The Morgan fingerprint density at radius 2 is 1.86 bits per heavy atom. The predicted molar refractivity (Wildman–Crippen MR) is 82.4 cm³/mol. The molecule has 0 amide bonds. The minimum atomic E-state index is -2.94. The molecule has 116 valence electrons. The van der Waals surface area contributed by atoms with E-state index in [1.165, 1.54) is 18.5 Å². The smallest absolute Gasteiger partial charge is 0.152 e. The van der Waals surface area contributed by atoms with E-state index >= 15 is 0 Å². The van der Waals surface area contributed by atoms with Crippen LogP contribution in [0.3, 0.4) is 0 Å². The molecule has 1 aliphatic heterocycles. The second kappa shape index (κ2) is 5.88. The van der Waals surface area contributed by atoms with E-state index in [4.69, 9.17) is 0 Å². The number of halogens is 1. The van der Waals surface area contributed by atoms with Crippen LogP contribution in [-0.2, 0) is 9.84 Å². The van der Waals surface area contributed by atoms with Crippen LogP contribution in [0.25, 0.3) is 0 Å². The number of hydrogen-bond acceptors (Lipinski definition) is 6. The van der Waals surface area contributed by atoms with Gasteiger partial charge in [-0.1, -0.05) is 0 Å². The van der Waals surface area contributed by atoms with Crippen molar-refractivity contribution in [1.29, 1.82) is 0 Å². The normalized spacial score (nSPS) is 19.8. The summed E-state index contributed by atoms with van der Waals surface area (Å²) < 4.78 is 35.8. The largest absolute Gasteiger partial charge is 0.366 e. The lowest BCUT2D eigenvalue weighted by Crippen LogP contribution is -2.21. The minimum absolute atomic E-state index is 0.123. The van der Waals surface area contributed by atoms with Crippen LogP contribution >= 0.6 is 0 Å². The molecule has 3 rings (SSSR count). The highest BCUT2D eigenvalue weighted by Gasteiger charge is 2.27. The number of sulfone groups is 1. The lowest BCUT2D eigenvalue weighted by molar-refractivity contribution is 0.602. The van der Waals surface area contributed by atoms with Crippen molar-refractivity contribution in [1.82, 2.24) is 9.97 Å². The van der Waals surface area contributed by atoms with Crippen molar-refractivity contribution in [2.24, 2.45) is 0 Å². The number of hydrogen-bond donors (Lipinski definition) is 2. The van der Waals surface area contributed by atoms with Gasteiger partial charge in [-0.05, 0) is 30.7 Å². The van der Waals surface area contributed by atoms with E-state index in [2.05, 4.69) is 20.6 Å². The summed E-state index contributed by atoms with van der Waals surface area (Å²) in [5, 5.41) is 6.14. The average Bonchev–Trinajstić information content (AvgIpc) is 2.81. The summed E-state index contributed by atoms with van der Waals surface area (Å²) in [4.78, 5) is 8.18. The summed E-state index contributed by atoms with van der Waals surface area (Å²) in [5.74, 6) is 1.12. The zero-order valence-corrected chi connectivity index (χ0v) is 12.5. The monoisotopic (exact) mass is 322 g/mol. The number of anilines is 3. The van der Waals surface area contributed by atoms with Crippen molar-refractivity contribution in [2.75, 3.05) is 22.1 Å². The van der Waals surface area contributed by atoms with Crippen LogP contribution in [-0.4, -0.2) is 35.9 Å². The maximum Gasteiger partial charge on any atom is 0.152 e. The fourth-order valence-electron chi connectivity index (χ4n) is 2.30. The van der Waals surface area contributed by atoms with Gasteiger partial charge < -0.3 is 10.6 Å². The first-order chi connectivity index (χ1) is 10.5. The molecule has 2 aromatic rings. The van der Waals surface area contributed by atoms with Gasteiger partial charge in [-0.3, -0.25) is 0 Å². The second-order valence-electron chi connectivity index (χ2n) is 5.16. The van der Waals surface area contributed by atoms with Gasteiger partial charge in [0, 0.05) is 17.8 Å². The van der Waals surface area contributed by atoms with E-state index in [-0.39, 0.29) is 23.4 Å². The Labute approximate surface area is 127 Å². The molecule has 0 saturated carbocycles. The fourth-order valence-corrected chi connectivity index (χ4v) is 3.98. The number of nitrogens with one attached hydrogen (secondary N) is 2. The van der Waals surface area contributed by atoms with E-state index in [1.54, 1.807) is 18.2 Å². The molecule has 0 radical (unpaired) electrons. The molecule has 22 heavy (non-hydrogen) atoms. The van der Waals surface area contributed by atoms with Gasteiger partial charge in [0.1, 0.15) is 23.8 Å². The Morgan fingerprint density at radius 1 is 1.14 bits per heavy atom. The number of nitrogens with zero attached hydrogens (tertiary/aromatic N) is 2. The quantitative estimate of drug-likeness (QED) is 0.895. The van der Waals surface area contributed by atoms with Crippen LogP contribution in [0.15, 0.2) is 36.7 Å². The molecular formula is C14H15FN4O2S. The third-order valence-electron chi connectivity index (χ3n) is 3.37. The Morgan fingerprint density at radius 3 is 2.55 bits per heavy atom. The molecule has 1 aromatic carbocycles. The first-order valence-corrected chi connectivity index (χ1v) is 8.64. The van der Waals surface area contributed by atoms with Gasteiger partial charge >= 0.3 is 0 Å². The minimum Gasteiger partial charge on any atom is -0.366 e. The van der Waals surface area contributed by atoms with Gasteiger partial charge in [-0.2, -0.15) is 0 Å². The predicted octanol–water partition coefficient (Wildman–Crippen LogP) is 1.96. The first kappa shape index (κ1) is 14.7. The Bertz CT molecular complexity index is 765. The van der Waals surface area contributed by atoms with Crippen molar-refractivity contribution in [2.45, 2.75) is 12.5 Å². The topological polar surface area (TPSA) is 84.0 Å². The van der Waals surface area contributed by atoms with Crippen LogP contribution in [0.2, 0.25) is 0 Å². The van der Waals surface area contributed by atoms with Crippen LogP contribution in [0.5, 0.6) is 0 Å². The van der Waals surface area contributed by atoms with Crippen LogP contribution in [0, 0.1) is 5.82 Å². The maximum absolute atomic E-state index is 12.9. The standard InChI is InChI=1S/C14H15FN4O2S/c15-10-1-3-11(4-2-10)18-13-7-14(17-9-16-13)19-12-5-6-22(20,21)8-12/h1-4,7,9,12H,5-6,8H2,(H2,16,17,18,19). The number of rotatable bonds is 4. The lowest BCUT2D eigenvalue weighted by Gasteiger charge is -2.12. The molecule has 1 unspecified atom stereocenters. The SMILES string of the molecule is O=S1(=O)CCC(Nc2cc(Nc3ccc(F)cc3)ncn2)C1. The summed E-state index contributed by atoms with van der Waals surface area (Å²) in [5.41, 5.74) is 0.703. The van der Waals surface area contributed by atoms with Crippen molar-refractivity contribution in [3.63, 3.8) is 0 Å². The summed E-state index contributed by atoms with van der Waals surface area (Å²) in [6, 6.07) is 7.48. The average molecular weight is 322 g/mol.